The minimum Gasteiger partial charge on any atom is -0.298 e. The summed E-state index contributed by atoms with van der Waals surface area (Å²) in [7, 11) is 0. The molecule has 2 aliphatic carbocycles. The smallest absolute Gasteiger partial charge is 0.287 e. The number of nitrogens with zero attached hydrogens (tertiary/aromatic N) is 5. The van der Waals surface area contributed by atoms with Crippen LogP contribution in [-0.2, 0) is 9.59 Å². The molecule has 2 bridgehead atoms. The largest absolute Gasteiger partial charge is 0.298 e. The minimum absolute atomic E-state index is 0.0882. The van der Waals surface area contributed by atoms with Gasteiger partial charge in [0.2, 0.25) is 0 Å². The number of hydrogen-bond donors (Lipinski definition) is 0. The molecule has 0 radical (unpaired) electrons. The molecule has 33 heavy (non-hydrogen) atoms. The fourth-order valence-corrected chi connectivity index (χ4v) is 5.58. The molecular formula is C24H19N5O4. The van der Waals surface area contributed by atoms with E-state index < -0.39 is 4.92 Å². The van der Waals surface area contributed by atoms with E-state index in [1.807, 2.05) is 35.8 Å². The van der Waals surface area contributed by atoms with Crippen LogP contribution in [0.15, 0.2) is 59.8 Å². The summed E-state index contributed by atoms with van der Waals surface area (Å²) in [5.74, 6) is -0.248. The Kier molecular flexibility index (Phi) is 4.10. The molecule has 2 fully saturated rings. The van der Waals surface area contributed by atoms with Crippen molar-refractivity contribution in [3.05, 3.63) is 76.1 Å². The molecule has 2 aromatic heterocycles. The number of aromatic nitrogens is 2. The van der Waals surface area contributed by atoms with Crippen molar-refractivity contribution in [1.82, 2.24) is 14.6 Å². The number of fused-ring (bicyclic) bond motifs is 6. The zero-order valence-corrected chi connectivity index (χ0v) is 17.7. The molecule has 3 aliphatic rings. The Hall–Kier alpha value is -4.14. The number of hydrazone groups is 1. The number of imide groups is 1. The maximum atomic E-state index is 13.0. The third kappa shape index (κ3) is 2.71. The predicted molar refractivity (Wildman–Crippen MR) is 120 cm³/mol. The van der Waals surface area contributed by atoms with Crippen molar-refractivity contribution in [2.24, 2.45) is 28.8 Å². The maximum Gasteiger partial charge on any atom is 0.287 e. The Morgan fingerprint density at radius 2 is 1.79 bits per heavy atom. The fourth-order valence-electron chi connectivity index (χ4n) is 5.58. The van der Waals surface area contributed by atoms with Gasteiger partial charge in [-0.25, -0.2) is 4.98 Å². The summed E-state index contributed by atoms with van der Waals surface area (Å²) >= 11 is 0. The molecule has 9 nitrogen and oxygen atoms in total. The molecule has 1 saturated carbocycles. The Labute approximate surface area is 188 Å². The first-order valence-corrected chi connectivity index (χ1v) is 10.8. The van der Waals surface area contributed by atoms with E-state index in [0.29, 0.717) is 5.82 Å². The summed E-state index contributed by atoms with van der Waals surface area (Å²) in [5, 5.41) is 17.3. The van der Waals surface area contributed by atoms with Gasteiger partial charge in [-0.05, 0) is 37.3 Å². The highest BCUT2D eigenvalue weighted by Crippen LogP contribution is 2.52. The predicted octanol–water partition coefficient (Wildman–Crippen LogP) is 3.38. The van der Waals surface area contributed by atoms with Crippen LogP contribution in [0, 0.1) is 40.7 Å². The number of rotatable bonds is 4. The molecule has 3 heterocycles. The van der Waals surface area contributed by atoms with Gasteiger partial charge in [0.1, 0.15) is 12.0 Å². The molecule has 1 aromatic carbocycles. The number of benzene rings is 1. The van der Waals surface area contributed by atoms with Crippen LogP contribution in [0.4, 0.5) is 5.69 Å². The van der Waals surface area contributed by atoms with Gasteiger partial charge in [-0.2, -0.15) is 10.1 Å². The van der Waals surface area contributed by atoms with E-state index in [4.69, 9.17) is 0 Å². The Morgan fingerprint density at radius 1 is 1.09 bits per heavy atom. The van der Waals surface area contributed by atoms with Gasteiger partial charge >= 0.3 is 0 Å². The molecule has 4 atom stereocenters. The van der Waals surface area contributed by atoms with E-state index >= 15 is 0 Å². The third-order valence-corrected chi connectivity index (χ3v) is 7.08. The lowest BCUT2D eigenvalue weighted by atomic mass is 9.85. The monoisotopic (exact) mass is 441 g/mol. The normalized spacial score (nSPS) is 25.7. The van der Waals surface area contributed by atoms with Gasteiger partial charge < -0.3 is 0 Å². The molecule has 1 saturated heterocycles. The van der Waals surface area contributed by atoms with Gasteiger partial charge in [0.05, 0.1) is 28.5 Å². The summed E-state index contributed by atoms with van der Waals surface area (Å²) in [6.07, 6.45) is 7.77. The maximum absolute atomic E-state index is 13.0. The van der Waals surface area contributed by atoms with E-state index in [9.17, 15) is 19.7 Å². The minimum atomic E-state index is -0.489. The average molecular weight is 441 g/mol. The van der Waals surface area contributed by atoms with Crippen molar-refractivity contribution >= 4 is 34.6 Å². The molecule has 1 aliphatic heterocycles. The number of amides is 2. The van der Waals surface area contributed by atoms with Crippen LogP contribution in [-0.4, -0.2) is 37.5 Å². The number of allylic oxidation sites excluding steroid dienone is 2. The lowest BCUT2D eigenvalue weighted by Crippen LogP contribution is -2.28. The van der Waals surface area contributed by atoms with Gasteiger partial charge in [-0.15, -0.1) is 0 Å². The number of pyridine rings is 1. The van der Waals surface area contributed by atoms with Gasteiger partial charge in [-0.1, -0.05) is 30.4 Å². The molecule has 9 heteroatoms. The topological polar surface area (TPSA) is 111 Å². The second-order valence-corrected chi connectivity index (χ2v) is 8.72. The van der Waals surface area contributed by atoms with Crippen LogP contribution in [0.1, 0.15) is 17.7 Å². The lowest BCUT2D eigenvalue weighted by molar-refractivity contribution is -0.385. The number of carbonyl (C=O) groups is 2. The highest BCUT2D eigenvalue weighted by molar-refractivity contribution is 6.08. The molecule has 3 aromatic rings. The van der Waals surface area contributed by atoms with Crippen molar-refractivity contribution in [1.29, 1.82) is 0 Å². The highest BCUT2D eigenvalue weighted by Gasteiger charge is 2.59. The first-order chi connectivity index (χ1) is 16.0. The van der Waals surface area contributed by atoms with E-state index in [1.165, 1.54) is 12.3 Å². The molecule has 0 unspecified atom stereocenters. The van der Waals surface area contributed by atoms with Gasteiger partial charge in [-0.3, -0.25) is 24.3 Å². The van der Waals surface area contributed by atoms with Crippen molar-refractivity contribution in [2.45, 2.75) is 13.3 Å². The summed E-state index contributed by atoms with van der Waals surface area (Å²) in [6.45, 7) is 1.89. The lowest BCUT2D eigenvalue weighted by Gasteiger charge is -2.13. The van der Waals surface area contributed by atoms with Crippen molar-refractivity contribution in [3.63, 3.8) is 0 Å². The number of carbonyl (C=O) groups excluding carboxylic acids is 2. The van der Waals surface area contributed by atoms with Crippen LogP contribution in [0.3, 0.4) is 0 Å². The van der Waals surface area contributed by atoms with Crippen LogP contribution in [0.5, 0.6) is 0 Å². The number of para-hydroxylation sites is 1. The van der Waals surface area contributed by atoms with E-state index in [1.54, 1.807) is 12.3 Å². The fraction of sp³-hybridized carbons (Fsp3) is 0.250. The van der Waals surface area contributed by atoms with Crippen molar-refractivity contribution in [3.8, 4) is 5.82 Å². The van der Waals surface area contributed by atoms with Crippen LogP contribution < -0.4 is 0 Å². The third-order valence-electron chi connectivity index (χ3n) is 7.08. The molecule has 2 amide bonds. The van der Waals surface area contributed by atoms with Gasteiger partial charge in [0.15, 0.2) is 0 Å². The molecule has 164 valence electrons. The van der Waals surface area contributed by atoms with E-state index in [2.05, 4.69) is 22.2 Å². The van der Waals surface area contributed by atoms with Crippen LogP contribution >= 0.6 is 0 Å². The standard InChI is InChI=1S/C24H19N5O4/c1-13-18(12-26-28-23(30)21-14-6-7-15(10-14)22(21)24(28)31)17-4-2-3-5-19(17)27(13)20-9-8-16(11-25-20)29(32)33/h2-9,11-12,14-15,21-22H,10H2,1H3/t14-,15-,21-,22+/m0/s1. The van der Waals surface area contributed by atoms with Crippen LogP contribution in [0.25, 0.3) is 16.7 Å². The summed E-state index contributed by atoms with van der Waals surface area (Å²) in [5.41, 5.74) is 2.30. The number of hydrogen-bond acceptors (Lipinski definition) is 6. The second kappa shape index (κ2) is 6.93. The Morgan fingerprint density at radius 3 is 2.42 bits per heavy atom. The highest BCUT2D eigenvalue weighted by atomic mass is 16.6. The molecule has 0 spiro atoms. The van der Waals surface area contributed by atoms with Crippen molar-refractivity contribution < 1.29 is 14.5 Å². The Balaban J connectivity index is 1.40. The number of nitro groups is 1. The molecule has 6 rings (SSSR count). The van der Waals surface area contributed by atoms with Gasteiger partial charge in [0.25, 0.3) is 17.5 Å². The second-order valence-electron chi connectivity index (χ2n) is 8.72. The Bertz CT molecular complexity index is 1370. The summed E-state index contributed by atoms with van der Waals surface area (Å²) in [4.78, 5) is 40.7. The quantitative estimate of drug-likeness (QED) is 0.203. The van der Waals surface area contributed by atoms with E-state index in [0.717, 1.165) is 33.6 Å². The average Bonchev–Trinajstić information content (AvgIpc) is 3.55. The molecule has 0 N–H and O–H groups in total. The molecular weight excluding hydrogens is 422 g/mol. The van der Waals surface area contributed by atoms with Crippen molar-refractivity contribution in [2.75, 3.05) is 0 Å². The van der Waals surface area contributed by atoms with Crippen LogP contribution in [0.2, 0.25) is 0 Å². The first-order valence-electron chi connectivity index (χ1n) is 10.8. The first kappa shape index (κ1) is 19.5. The zero-order valence-electron chi connectivity index (χ0n) is 17.7. The summed E-state index contributed by atoms with van der Waals surface area (Å²) < 4.78 is 1.88. The van der Waals surface area contributed by atoms with Gasteiger partial charge in [0, 0.05) is 22.7 Å². The van der Waals surface area contributed by atoms with E-state index in [-0.39, 0.29) is 41.2 Å². The zero-order chi connectivity index (χ0) is 22.9. The summed E-state index contributed by atoms with van der Waals surface area (Å²) in [6, 6.07) is 10.6. The SMILES string of the molecule is Cc1c(C=NN2C(=O)[C@@H]3[C@H](C2=O)[C@H]2C=C[C@H]3C2)c2ccccc2n1-c1ccc([N+](=O)[O-])cn1.